The highest BCUT2D eigenvalue weighted by Gasteiger charge is 2.26. The van der Waals surface area contributed by atoms with Crippen LogP contribution in [0.25, 0.3) is 11.3 Å². The monoisotopic (exact) mass is 335 g/mol. The molecular formula is C17H22ClN3O2. The lowest BCUT2D eigenvalue weighted by atomic mass is 10.00. The number of hydrogen-bond acceptors (Lipinski definition) is 4. The van der Waals surface area contributed by atoms with Crippen LogP contribution >= 0.6 is 12.4 Å². The van der Waals surface area contributed by atoms with Crippen LogP contribution in [0, 0.1) is 5.92 Å². The molecule has 0 saturated heterocycles. The minimum Gasteiger partial charge on any atom is -0.443 e. The summed E-state index contributed by atoms with van der Waals surface area (Å²) in [6.07, 6.45) is 5.12. The highest BCUT2D eigenvalue weighted by Crippen LogP contribution is 2.27. The second-order valence-corrected chi connectivity index (χ2v) is 5.83. The molecule has 2 aromatic rings. The first-order valence-electron chi connectivity index (χ1n) is 7.74. The number of carbonyl (C=O) groups excluding carboxylic acids is 1. The predicted molar refractivity (Wildman–Crippen MR) is 91.0 cm³/mol. The Labute approximate surface area is 142 Å². The molecule has 3 N–H and O–H groups in total. The summed E-state index contributed by atoms with van der Waals surface area (Å²) in [5.41, 5.74) is 7.72. The molecule has 1 aromatic carbocycles. The van der Waals surface area contributed by atoms with Crippen molar-refractivity contribution < 1.29 is 9.21 Å². The summed E-state index contributed by atoms with van der Waals surface area (Å²) in [6, 6.07) is 9.93. The predicted octanol–water partition coefficient (Wildman–Crippen LogP) is 2.90. The van der Waals surface area contributed by atoms with Crippen molar-refractivity contribution in [3.63, 3.8) is 0 Å². The van der Waals surface area contributed by atoms with Gasteiger partial charge in [0.1, 0.15) is 5.69 Å². The summed E-state index contributed by atoms with van der Waals surface area (Å²) in [5, 5.41) is 2.93. The van der Waals surface area contributed by atoms with E-state index in [1.807, 2.05) is 30.3 Å². The molecule has 5 nitrogen and oxygen atoms in total. The standard InChI is InChI=1S/C17H21N3O2.ClH/c18-14-8-4-7-13(14)9-16(21)19-10-15-17(22-11-20-15)12-5-2-1-3-6-12;/h1-3,5-6,11,13-14H,4,7-10,18H2,(H,19,21);1H/t13-,14+;/m0./s1. The van der Waals surface area contributed by atoms with Crippen molar-refractivity contribution in [2.24, 2.45) is 11.7 Å². The molecule has 0 bridgehead atoms. The van der Waals surface area contributed by atoms with Gasteiger partial charge in [0.15, 0.2) is 12.2 Å². The zero-order valence-electron chi connectivity index (χ0n) is 12.9. The first-order chi connectivity index (χ1) is 10.7. The minimum absolute atomic E-state index is 0. The number of nitrogens with two attached hydrogens (primary N) is 1. The van der Waals surface area contributed by atoms with Crippen LogP contribution in [0.5, 0.6) is 0 Å². The van der Waals surface area contributed by atoms with Crippen LogP contribution in [-0.2, 0) is 11.3 Å². The van der Waals surface area contributed by atoms with Crippen molar-refractivity contribution in [1.82, 2.24) is 10.3 Å². The Morgan fingerprint density at radius 3 is 2.78 bits per heavy atom. The van der Waals surface area contributed by atoms with Crippen LogP contribution in [0.4, 0.5) is 0 Å². The zero-order chi connectivity index (χ0) is 15.4. The maximum absolute atomic E-state index is 12.1. The molecule has 2 atom stereocenters. The summed E-state index contributed by atoms with van der Waals surface area (Å²) < 4.78 is 5.45. The van der Waals surface area contributed by atoms with E-state index < -0.39 is 0 Å². The summed E-state index contributed by atoms with van der Waals surface area (Å²) in [4.78, 5) is 16.3. The topological polar surface area (TPSA) is 81.2 Å². The van der Waals surface area contributed by atoms with Gasteiger partial charge in [-0.25, -0.2) is 4.98 Å². The van der Waals surface area contributed by atoms with Crippen LogP contribution < -0.4 is 11.1 Å². The molecule has 0 radical (unpaired) electrons. The molecule has 0 aliphatic heterocycles. The third kappa shape index (κ3) is 4.33. The summed E-state index contributed by atoms with van der Waals surface area (Å²) >= 11 is 0. The third-order valence-electron chi connectivity index (χ3n) is 4.30. The number of carbonyl (C=O) groups is 1. The van der Waals surface area contributed by atoms with Crippen molar-refractivity contribution in [3.8, 4) is 11.3 Å². The normalized spacial score (nSPS) is 20.0. The van der Waals surface area contributed by atoms with Gasteiger partial charge in [-0.15, -0.1) is 12.4 Å². The third-order valence-corrected chi connectivity index (χ3v) is 4.30. The van der Waals surface area contributed by atoms with E-state index in [9.17, 15) is 4.79 Å². The van der Waals surface area contributed by atoms with E-state index in [4.69, 9.17) is 10.2 Å². The second-order valence-electron chi connectivity index (χ2n) is 5.83. The largest absolute Gasteiger partial charge is 0.443 e. The molecule has 1 saturated carbocycles. The van der Waals surface area contributed by atoms with Crippen molar-refractivity contribution in [1.29, 1.82) is 0 Å². The fourth-order valence-electron chi connectivity index (χ4n) is 3.03. The number of benzene rings is 1. The molecule has 124 valence electrons. The SMILES string of the molecule is Cl.N[C@@H]1CCC[C@H]1CC(=O)NCc1ncoc1-c1ccccc1. The molecule has 1 heterocycles. The van der Waals surface area contributed by atoms with Gasteiger partial charge in [-0.05, 0) is 18.8 Å². The Hall–Kier alpha value is -1.85. The Morgan fingerprint density at radius 1 is 1.30 bits per heavy atom. The first kappa shape index (κ1) is 17.5. The Balaban J connectivity index is 0.00000192. The number of nitrogens with one attached hydrogen (secondary N) is 1. The van der Waals surface area contributed by atoms with Crippen LogP contribution in [0.2, 0.25) is 0 Å². The fraction of sp³-hybridized carbons (Fsp3) is 0.412. The van der Waals surface area contributed by atoms with Gasteiger partial charge in [0.05, 0.1) is 6.54 Å². The molecule has 1 aromatic heterocycles. The first-order valence-corrected chi connectivity index (χ1v) is 7.74. The lowest BCUT2D eigenvalue weighted by Crippen LogP contribution is -2.31. The van der Waals surface area contributed by atoms with E-state index in [1.165, 1.54) is 6.39 Å². The van der Waals surface area contributed by atoms with Crippen LogP contribution in [0.3, 0.4) is 0 Å². The van der Waals surface area contributed by atoms with Crippen molar-refractivity contribution in [3.05, 3.63) is 42.4 Å². The van der Waals surface area contributed by atoms with Gasteiger partial charge in [-0.3, -0.25) is 4.79 Å². The number of hydrogen-bond donors (Lipinski definition) is 2. The zero-order valence-corrected chi connectivity index (χ0v) is 13.7. The van der Waals surface area contributed by atoms with Crippen LogP contribution in [0.1, 0.15) is 31.4 Å². The van der Waals surface area contributed by atoms with Crippen molar-refractivity contribution in [2.75, 3.05) is 0 Å². The van der Waals surface area contributed by atoms with E-state index in [0.717, 1.165) is 30.5 Å². The molecule has 6 heteroatoms. The number of amides is 1. The molecule has 0 unspecified atom stereocenters. The van der Waals surface area contributed by atoms with Crippen molar-refractivity contribution in [2.45, 2.75) is 38.3 Å². The lowest BCUT2D eigenvalue weighted by molar-refractivity contribution is -0.122. The van der Waals surface area contributed by atoms with Gasteiger partial charge in [-0.2, -0.15) is 0 Å². The maximum atomic E-state index is 12.1. The molecule has 3 rings (SSSR count). The van der Waals surface area contributed by atoms with E-state index in [-0.39, 0.29) is 24.4 Å². The Bertz CT molecular complexity index is 630. The highest BCUT2D eigenvalue weighted by molar-refractivity contribution is 5.85. The summed E-state index contributed by atoms with van der Waals surface area (Å²) in [6.45, 7) is 0.377. The number of aromatic nitrogens is 1. The number of rotatable bonds is 5. The molecule has 1 aliphatic carbocycles. The van der Waals surface area contributed by atoms with E-state index in [2.05, 4.69) is 10.3 Å². The average molecular weight is 336 g/mol. The highest BCUT2D eigenvalue weighted by atomic mass is 35.5. The van der Waals surface area contributed by atoms with Gasteiger partial charge in [0.25, 0.3) is 0 Å². The molecular weight excluding hydrogens is 314 g/mol. The summed E-state index contributed by atoms with van der Waals surface area (Å²) in [5.74, 6) is 1.05. The quantitative estimate of drug-likeness (QED) is 0.880. The van der Waals surface area contributed by atoms with Crippen LogP contribution in [0.15, 0.2) is 41.1 Å². The molecule has 1 aliphatic rings. The van der Waals surface area contributed by atoms with E-state index in [0.29, 0.717) is 24.6 Å². The number of halogens is 1. The average Bonchev–Trinajstić information content (AvgIpc) is 3.16. The van der Waals surface area contributed by atoms with Gasteiger partial charge >= 0.3 is 0 Å². The smallest absolute Gasteiger partial charge is 0.220 e. The van der Waals surface area contributed by atoms with Gasteiger partial charge in [-0.1, -0.05) is 36.8 Å². The van der Waals surface area contributed by atoms with Gasteiger partial charge < -0.3 is 15.5 Å². The van der Waals surface area contributed by atoms with Crippen molar-refractivity contribution >= 4 is 18.3 Å². The second kappa shape index (κ2) is 8.13. The van der Waals surface area contributed by atoms with Gasteiger partial charge in [0, 0.05) is 18.0 Å². The maximum Gasteiger partial charge on any atom is 0.220 e. The van der Waals surface area contributed by atoms with Crippen LogP contribution in [-0.4, -0.2) is 16.9 Å². The fourth-order valence-corrected chi connectivity index (χ4v) is 3.03. The number of oxazole rings is 1. The molecule has 1 amide bonds. The lowest BCUT2D eigenvalue weighted by Gasteiger charge is -2.14. The molecule has 0 spiro atoms. The van der Waals surface area contributed by atoms with E-state index in [1.54, 1.807) is 0 Å². The van der Waals surface area contributed by atoms with E-state index >= 15 is 0 Å². The summed E-state index contributed by atoms with van der Waals surface area (Å²) in [7, 11) is 0. The minimum atomic E-state index is 0. The molecule has 23 heavy (non-hydrogen) atoms. The molecule has 1 fully saturated rings. The Kier molecular flexibility index (Phi) is 6.19. The Morgan fingerprint density at radius 2 is 2.09 bits per heavy atom. The number of nitrogens with zero attached hydrogens (tertiary/aromatic N) is 1. The van der Waals surface area contributed by atoms with Gasteiger partial charge in [0.2, 0.25) is 5.91 Å².